The molecular formula is C14H28N2O2S. The van der Waals surface area contributed by atoms with Crippen molar-refractivity contribution in [3.8, 4) is 0 Å². The van der Waals surface area contributed by atoms with E-state index >= 15 is 0 Å². The molecule has 19 heavy (non-hydrogen) atoms. The molecule has 2 saturated heterocycles. The molecule has 2 aliphatic heterocycles. The number of nitrogens with one attached hydrogen (secondary N) is 1. The van der Waals surface area contributed by atoms with E-state index in [-0.39, 0.29) is 0 Å². The van der Waals surface area contributed by atoms with Gasteiger partial charge in [0.2, 0.25) is 0 Å². The van der Waals surface area contributed by atoms with Crippen LogP contribution in [0.5, 0.6) is 0 Å². The summed E-state index contributed by atoms with van der Waals surface area (Å²) in [5.74, 6) is 1.37. The van der Waals surface area contributed by atoms with Crippen molar-refractivity contribution in [2.24, 2.45) is 5.92 Å². The maximum Gasteiger partial charge on any atom is 0.150 e. The second-order valence-electron chi connectivity index (χ2n) is 6.39. The maximum atomic E-state index is 11.4. The SMILES string of the molecule is CC(C)C(CNC1CCS(=O)(=O)CC1)N1CCCC1. The molecule has 0 radical (unpaired) electrons. The van der Waals surface area contributed by atoms with Crippen molar-refractivity contribution in [2.45, 2.75) is 51.6 Å². The van der Waals surface area contributed by atoms with E-state index in [0.29, 0.717) is 29.5 Å². The highest BCUT2D eigenvalue weighted by Gasteiger charge is 2.27. The molecule has 2 heterocycles. The summed E-state index contributed by atoms with van der Waals surface area (Å²) in [6, 6.07) is 0.994. The largest absolute Gasteiger partial charge is 0.312 e. The average Bonchev–Trinajstić information content (AvgIpc) is 2.84. The number of hydrogen-bond acceptors (Lipinski definition) is 4. The Bertz CT molecular complexity index is 361. The molecule has 0 spiro atoms. The molecule has 0 amide bonds. The molecule has 4 nitrogen and oxygen atoms in total. The van der Waals surface area contributed by atoms with Crippen molar-refractivity contribution >= 4 is 9.84 Å². The normalized spacial score (nSPS) is 26.9. The minimum Gasteiger partial charge on any atom is -0.312 e. The Balaban J connectivity index is 1.79. The zero-order valence-corrected chi connectivity index (χ0v) is 13.1. The van der Waals surface area contributed by atoms with Gasteiger partial charge in [-0.15, -0.1) is 0 Å². The highest BCUT2D eigenvalue weighted by molar-refractivity contribution is 7.91. The summed E-state index contributed by atoms with van der Waals surface area (Å²) in [6.07, 6.45) is 4.22. The van der Waals surface area contributed by atoms with Crippen molar-refractivity contribution < 1.29 is 8.42 Å². The third-order valence-corrected chi connectivity index (χ3v) is 6.26. The van der Waals surface area contributed by atoms with Crippen LogP contribution in [-0.4, -0.2) is 56.5 Å². The molecule has 2 rings (SSSR count). The van der Waals surface area contributed by atoms with E-state index in [4.69, 9.17) is 0 Å². The van der Waals surface area contributed by atoms with Gasteiger partial charge in [0.1, 0.15) is 9.84 Å². The van der Waals surface area contributed by atoms with Crippen LogP contribution in [0.1, 0.15) is 39.5 Å². The van der Waals surface area contributed by atoms with Crippen LogP contribution in [0.25, 0.3) is 0 Å². The molecule has 0 aliphatic carbocycles. The Morgan fingerprint density at radius 3 is 2.26 bits per heavy atom. The monoisotopic (exact) mass is 288 g/mol. The molecule has 5 heteroatoms. The summed E-state index contributed by atoms with van der Waals surface area (Å²) in [5, 5.41) is 3.61. The van der Waals surface area contributed by atoms with Gasteiger partial charge in [-0.25, -0.2) is 8.42 Å². The van der Waals surface area contributed by atoms with Gasteiger partial charge in [0.15, 0.2) is 0 Å². The lowest BCUT2D eigenvalue weighted by Gasteiger charge is -2.33. The summed E-state index contributed by atoms with van der Waals surface area (Å²) in [7, 11) is -2.74. The molecule has 1 unspecified atom stereocenters. The zero-order valence-electron chi connectivity index (χ0n) is 12.3. The van der Waals surface area contributed by atoms with Crippen LogP contribution in [0.2, 0.25) is 0 Å². The first kappa shape index (κ1) is 15.3. The Morgan fingerprint density at radius 1 is 1.16 bits per heavy atom. The minimum atomic E-state index is -2.74. The molecule has 0 aromatic rings. The van der Waals surface area contributed by atoms with Gasteiger partial charge in [0, 0.05) is 18.6 Å². The quantitative estimate of drug-likeness (QED) is 0.828. The predicted molar refractivity (Wildman–Crippen MR) is 79.1 cm³/mol. The fraction of sp³-hybridized carbons (Fsp3) is 1.00. The van der Waals surface area contributed by atoms with Gasteiger partial charge in [-0.05, 0) is 44.7 Å². The highest BCUT2D eigenvalue weighted by atomic mass is 32.2. The fourth-order valence-corrected chi connectivity index (χ4v) is 4.73. The molecular weight excluding hydrogens is 260 g/mol. The second-order valence-corrected chi connectivity index (χ2v) is 8.69. The van der Waals surface area contributed by atoms with Crippen LogP contribution in [0.15, 0.2) is 0 Å². The maximum absolute atomic E-state index is 11.4. The van der Waals surface area contributed by atoms with Crippen molar-refractivity contribution in [1.29, 1.82) is 0 Å². The lowest BCUT2D eigenvalue weighted by molar-refractivity contribution is 0.181. The first-order valence-electron chi connectivity index (χ1n) is 7.66. The standard InChI is InChI=1S/C14H28N2O2S/c1-12(2)14(16-7-3-4-8-16)11-15-13-5-9-19(17,18)10-6-13/h12-15H,3-11H2,1-2H3. The summed E-state index contributed by atoms with van der Waals surface area (Å²) in [5.41, 5.74) is 0. The Hall–Kier alpha value is -0.130. The molecule has 0 aromatic heterocycles. The third kappa shape index (κ3) is 4.43. The summed E-state index contributed by atoms with van der Waals surface area (Å²) in [4.78, 5) is 2.59. The van der Waals surface area contributed by atoms with E-state index in [1.54, 1.807) is 0 Å². The number of rotatable bonds is 5. The third-order valence-electron chi connectivity index (χ3n) is 4.55. The van der Waals surface area contributed by atoms with Crippen LogP contribution in [-0.2, 0) is 9.84 Å². The van der Waals surface area contributed by atoms with E-state index in [1.807, 2.05) is 0 Å². The van der Waals surface area contributed by atoms with Gasteiger partial charge >= 0.3 is 0 Å². The van der Waals surface area contributed by atoms with Crippen LogP contribution >= 0.6 is 0 Å². The first-order chi connectivity index (χ1) is 8.98. The molecule has 0 saturated carbocycles. The smallest absolute Gasteiger partial charge is 0.150 e. The van der Waals surface area contributed by atoms with Crippen LogP contribution < -0.4 is 5.32 Å². The van der Waals surface area contributed by atoms with Gasteiger partial charge < -0.3 is 5.32 Å². The summed E-state index contributed by atoms with van der Waals surface area (Å²) in [6.45, 7) is 8.03. The first-order valence-corrected chi connectivity index (χ1v) is 9.48. The topological polar surface area (TPSA) is 49.4 Å². The van der Waals surface area contributed by atoms with Crippen molar-refractivity contribution in [2.75, 3.05) is 31.1 Å². The van der Waals surface area contributed by atoms with Gasteiger partial charge in [0.05, 0.1) is 11.5 Å². The van der Waals surface area contributed by atoms with E-state index in [2.05, 4.69) is 24.1 Å². The Morgan fingerprint density at radius 2 is 1.74 bits per heavy atom. The lowest BCUT2D eigenvalue weighted by Crippen LogP contribution is -2.48. The van der Waals surface area contributed by atoms with E-state index in [9.17, 15) is 8.42 Å². The van der Waals surface area contributed by atoms with Crippen LogP contribution in [0.4, 0.5) is 0 Å². The van der Waals surface area contributed by atoms with E-state index in [0.717, 1.165) is 19.4 Å². The van der Waals surface area contributed by atoms with Crippen LogP contribution in [0, 0.1) is 5.92 Å². The molecule has 2 fully saturated rings. The highest BCUT2D eigenvalue weighted by Crippen LogP contribution is 2.18. The molecule has 112 valence electrons. The van der Waals surface area contributed by atoms with E-state index < -0.39 is 9.84 Å². The zero-order chi connectivity index (χ0) is 13.9. The van der Waals surface area contributed by atoms with Gasteiger partial charge in [0.25, 0.3) is 0 Å². The molecule has 0 aromatic carbocycles. The molecule has 1 N–H and O–H groups in total. The van der Waals surface area contributed by atoms with Crippen molar-refractivity contribution in [3.63, 3.8) is 0 Å². The molecule has 0 bridgehead atoms. The average molecular weight is 288 g/mol. The predicted octanol–water partition coefficient (Wildman–Crippen LogP) is 1.27. The molecule has 1 atom stereocenters. The molecule has 2 aliphatic rings. The fourth-order valence-electron chi connectivity index (χ4n) is 3.24. The van der Waals surface area contributed by atoms with Gasteiger partial charge in [-0.1, -0.05) is 13.8 Å². The summed E-state index contributed by atoms with van der Waals surface area (Å²) >= 11 is 0. The van der Waals surface area contributed by atoms with Crippen molar-refractivity contribution in [1.82, 2.24) is 10.2 Å². The summed E-state index contributed by atoms with van der Waals surface area (Å²) < 4.78 is 22.8. The number of nitrogens with zero attached hydrogens (tertiary/aromatic N) is 1. The van der Waals surface area contributed by atoms with Crippen LogP contribution in [0.3, 0.4) is 0 Å². The Kier molecular flexibility index (Phi) is 5.26. The minimum absolute atomic E-state index is 0.362. The van der Waals surface area contributed by atoms with E-state index in [1.165, 1.54) is 25.9 Å². The lowest BCUT2D eigenvalue weighted by atomic mass is 10.0. The number of sulfone groups is 1. The van der Waals surface area contributed by atoms with Gasteiger partial charge in [-0.3, -0.25) is 4.90 Å². The Labute approximate surface area is 117 Å². The van der Waals surface area contributed by atoms with Crippen molar-refractivity contribution in [3.05, 3.63) is 0 Å². The number of hydrogen-bond donors (Lipinski definition) is 1. The second kappa shape index (κ2) is 6.55. The van der Waals surface area contributed by atoms with Gasteiger partial charge in [-0.2, -0.15) is 0 Å². The number of likely N-dealkylation sites (tertiary alicyclic amines) is 1.